The molecule has 0 spiro atoms. The van der Waals surface area contributed by atoms with Gasteiger partial charge in [-0.3, -0.25) is 9.79 Å². The van der Waals surface area contributed by atoms with Gasteiger partial charge >= 0.3 is 6.18 Å². The second-order valence-corrected chi connectivity index (χ2v) is 9.40. The lowest BCUT2D eigenvalue weighted by atomic mass is 10.00. The summed E-state index contributed by atoms with van der Waals surface area (Å²) in [6.07, 6.45) is 1.42. The van der Waals surface area contributed by atoms with Crippen LogP contribution < -0.4 is 11.1 Å². The minimum atomic E-state index is -4.44. The van der Waals surface area contributed by atoms with Gasteiger partial charge < -0.3 is 16.0 Å². The SMILES string of the molecule is C=C(/N=C\C=C(\C)N)c1ccc(C)nc1C(=O)N1C[C@@H]2C[C@@H]2CC1CNc1ccc(C(F)(F)F)cn1. The molecule has 1 saturated heterocycles. The van der Waals surface area contributed by atoms with Gasteiger partial charge in [0.15, 0.2) is 0 Å². The molecule has 1 aliphatic carbocycles. The summed E-state index contributed by atoms with van der Waals surface area (Å²) in [7, 11) is 0. The minimum Gasteiger partial charge on any atom is -0.402 e. The summed E-state index contributed by atoms with van der Waals surface area (Å²) in [6, 6.07) is 5.74. The van der Waals surface area contributed by atoms with Crippen molar-refractivity contribution in [2.75, 3.05) is 18.4 Å². The fraction of sp³-hybridized carbons (Fsp3) is 0.385. The van der Waals surface area contributed by atoms with Gasteiger partial charge in [-0.2, -0.15) is 13.2 Å². The van der Waals surface area contributed by atoms with E-state index in [0.29, 0.717) is 53.4 Å². The number of hydrogen-bond donors (Lipinski definition) is 2. The topological polar surface area (TPSA) is 96.5 Å². The van der Waals surface area contributed by atoms with Gasteiger partial charge in [0.2, 0.25) is 0 Å². The third-order valence-corrected chi connectivity index (χ3v) is 6.50. The van der Waals surface area contributed by atoms with Crippen molar-refractivity contribution in [3.05, 3.63) is 71.3 Å². The van der Waals surface area contributed by atoms with Gasteiger partial charge in [-0.25, -0.2) is 9.97 Å². The van der Waals surface area contributed by atoms with Crippen molar-refractivity contribution in [2.24, 2.45) is 22.6 Å². The molecule has 3 heterocycles. The molecular weight excluding hydrogens is 469 g/mol. The average molecular weight is 499 g/mol. The number of carbonyl (C=O) groups is 1. The van der Waals surface area contributed by atoms with Gasteiger partial charge in [0, 0.05) is 48.5 Å². The molecule has 7 nitrogen and oxygen atoms in total. The second kappa shape index (κ2) is 10.1. The Bertz CT molecular complexity index is 1200. The first-order chi connectivity index (χ1) is 17.0. The standard InChI is InChI=1S/C26H29F3N6O/c1-15(30)8-9-31-17(3)22-6-4-16(2)34-24(22)25(36)35-14-19-10-18(19)11-21(35)13-33-23-7-5-20(12-32-23)26(27,28)29/h4-9,12,18-19,21H,3,10-11,13-14,30H2,1-2H3,(H,32,33)/b15-8-,31-9-/t18-,19+,21?/m1/s1. The van der Waals surface area contributed by atoms with Crippen LogP contribution in [0.5, 0.6) is 0 Å². The lowest BCUT2D eigenvalue weighted by Crippen LogP contribution is -2.48. The predicted octanol–water partition coefficient (Wildman–Crippen LogP) is 4.67. The van der Waals surface area contributed by atoms with Crippen LogP contribution >= 0.6 is 0 Å². The van der Waals surface area contributed by atoms with Crippen molar-refractivity contribution in [2.45, 2.75) is 38.9 Å². The van der Waals surface area contributed by atoms with E-state index in [4.69, 9.17) is 5.73 Å². The van der Waals surface area contributed by atoms with E-state index in [1.807, 2.05) is 11.8 Å². The zero-order chi connectivity index (χ0) is 26.0. The molecule has 0 bridgehead atoms. The fourth-order valence-electron chi connectivity index (χ4n) is 4.43. The first-order valence-electron chi connectivity index (χ1n) is 11.7. The molecule has 1 aliphatic heterocycles. The zero-order valence-electron chi connectivity index (χ0n) is 20.2. The van der Waals surface area contributed by atoms with Crippen molar-refractivity contribution >= 4 is 23.6 Å². The van der Waals surface area contributed by atoms with Gasteiger partial charge in [0.05, 0.1) is 11.3 Å². The monoisotopic (exact) mass is 498 g/mol. The Morgan fingerprint density at radius 3 is 2.72 bits per heavy atom. The van der Waals surface area contributed by atoms with E-state index in [0.717, 1.165) is 25.1 Å². The molecule has 2 fully saturated rings. The van der Waals surface area contributed by atoms with E-state index in [-0.39, 0.29) is 17.6 Å². The number of allylic oxidation sites excluding steroid dienone is 2. The highest BCUT2D eigenvalue weighted by Gasteiger charge is 2.47. The van der Waals surface area contributed by atoms with Gasteiger partial charge in [0.25, 0.3) is 5.91 Å². The molecule has 0 radical (unpaired) electrons. The van der Waals surface area contributed by atoms with Gasteiger partial charge in [0.1, 0.15) is 11.5 Å². The van der Waals surface area contributed by atoms with Gasteiger partial charge in [-0.15, -0.1) is 0 Å². The number of nitrogens with zero attached hydrogens (tertiary/aromatic N) is 4. The van der Waals surface area contributed by atoms with E-state index in [1.54, 1.807) is 25.1 Å². The van der Waals surface area contributed by atoms with Crippen LogP contribution in [0, 0.1) is 18.8 Å². The van der Waals surface area contributed by atoms with Crippen LogP contribution in [0.1, 0.15) is 47.1 Å². The van der Waals surface area contributed by atoms with E-state index < -0.39 is 11.7 Å². The molecule has 10 heteroatoms. The molecule has 0 aromatic carbocycles. The van der Waals surface area contributed by atoms with Crippen molar-refractivity contribution < 1.29 is 18.0 Å². The molecule has 36 heavy (non-hydrogen) atoms. The Labute approximate surface area is 208 Å². The maximum Gasteiger partial charge on any atom is 0.417 e. The van der Waals surface area contributed by atoms with Gasteiger partial charge in [-0.05, 0) is 68.9 Å². The van der Waals surface area contributed by atoms with E-state index in [9.17, 15) is 18.0 Å². The first kappa shape index (κ1) is 25.4. The minimum absolute atomic E-state index is 0.153. The summed E-state index contributed by atoms with van der Waals surface area (Å²) >= 11 is 0. The number of likely N-dealkylation sites (tertiary alicyclic amines) is 1. The molecule has 1 saturated carbocycles. The van der Waals surface area contributed by atoms with E-state index in [1.165, 1.54) is 12.3 Å². The highest BCUT2D eigenvalue weighted by Crippen LogP contribution is 2.47. The summed E-state index contributed by atoms with van der Waals surface area (Å²) in [5, 5.41) is 3.10. The number of aryl methyl sites for hydroxylation is 1. The largest absolute Gasteiger partial charge is 0.417 e. The lowest BCUT2D eigenvalue weighted by Gasteiger charge is -2.36. The first-order valence-corrected chi connectivity index (χ1v) is 11.7. The number of fused-ring (bicyclic) bond motifs is 1. The molecule has 2 aromatic heterocycles. The van der Waals surface area contributed by atoms with Crippen molar-refractivity contribution in [1.82, 2.24) is 14.9 Å². The number of pyridine rings is 2. The molecule has 190 valence electrons. The number of aliphatic imine (C=N–C) groups is 1. The van der Waals surface area contributed by atoms with Crippen LogP contribution in [-0.2, 0) is 6.18 Å². The smallest absolute Gasteiger partial charge is 0.402 e. The number of hydrogen-bond acceptors (Lipinski definition) is 6. The van der Waals surface area contributed by atoms with E-state index >= 15 is 0 Å². The maximum atomic E-state index is 13.8. The summed E-state index contributed by atoms with van der Waals surface area (Å²) < 4.78 is 38.5. The molecular formula is C26H29F3N6O. The summed E-state index contributed by atoms with van der Waals surface area (Å²) in [6.45, 7) is 8.54. The zero-order valence-corrected chi connectivity index (χ0v) is 20.2. The Kier molecular flexibility index (Phi) is 7.14. The quantitative estimate of drug-likeness (QED) is 0.541. The van der Waals surface area contributed by atoms with E-state index in [2.05, 4.69) is 26.9 Å². The third kappa shape index (κ3) is 5.92. The number of piperidine rings is 1. The Morgan fingerprint density at radius 1 is 1.28 bits per heavy atom. The predicted molar refractivity (Wildman–Crippen MR) is 133 cm³/mol. The Hall–Kier alpha value is -3.69. The summed E-state index contributed by atoms with van der Waals surface area (Å²) in [5.41, 5.74) is 7.35. The van der Waals surface area contributed by atoms with Crippen LogP contribution in [0.25, 0.3) is 5.70 Å². The summed E-state index contributed by atoms with van der Waals surface area (Å²) in [4.78, 5) is 28.3. The van der Waals surface area contributed by atoms with Crippen LogP contribution in [-0.4, -0.2) is 46.1 Å². The number of halogens is 3. The summed E-state index contributed by atoms with van der Waals surface area (Å²) in [5.74, 6) is 1.13. The number of aromatic nitrogens is 2. The molecule has 1 amide bonds. The second-order valence-electron chi connectivity index (χ2n) is 9.40. The molecule has 3 N–H and O–H groups in total. The molecule has 1 unspecified atom stereocenters. The number of anilines is 1. The van der Waals surface area contributed by atoms with Crippen LogP contribution in [0.15, 0.2) is 53.8 Å². The number of alkyl halides is 3. The molecule has 4 rings (SSSR count). The number of amides is 1. The van der Waals surface area contributed by atoms with Crippen LogP contribution in [0.4, 0.5) is 19.0 Å². The average Bonchev–Trinajstić information content (AvgIpc) is 3.59. The maximum absolute atomic E-state index is 13.8. The van der Waals surface area contributed by atoms with Crippen molar-refractivity contribution in [1.29, 1.82) is 0 Å². The highest BCUT2D eigenvalue weighted by molar-refractivity contribution is 5.98. The van der Waals surface area contributed by atoms with Crippen LogP contribution in [0.2, 0.25) is 0 Å². The number of carbonyl (C=O) groups excluding carboxylic acids is 1. The third-order valence-electron chi connectivity index (χ3n) is 6.50. The number of nitrogens with two attached hydrogens (primary N) is 1. The van der Waals surface area contributed by atoms with Crippen molar-refractivity contribution in [3.8, 4) is 0 Å². The molecule has 2 aliphatic rings. The Morgan fingerprint density at radius 2 is 2.06 bits per heavy atom. The molecule has 2 aromatic rings. The molecule has 3 atom stereocenters. The van der Waals surface area contributed by atoms with Crippen LogP contribution in [0.3, 0.4) is 0 Å². The fourth-order valence-corrected chi connectivity index (χ4v) is 4.43. The highest BCUT2D eigenvalue weighted by atomic mass is 19.4. The number of nitrogens with one attached hydrogen (secondary N) is 1. The lowest BCUT2D eigenvalue weighted by molar-refractivity contribution is -0.137. The number of rotatable bonds is 7. The van der Waals surface area contributed by atoms with Crippen molar-refractivity contribution in [3.63, 3.8) is 0 Å². The normalized spacial score (nSPS) is 21.9. The Balaban J connectivity index is 1.53. The van der Waals surface area contributed by atoms with Gasteiger partial charge in [-0.1, -0.05) is 6.58 Å².